The topological polar surface area (TPSA) is 63.6 Å². The summed E-state index contributed by atoms with van der Waals surface area (Å²) in [6.45, 7) is 8.16. The predicted molar refractivity (Wildman–Crippen MR) is 81.3 cm³/mol. The van der Waals surface area contributed by atoms with Gasteiger partial charge in [-0.05, 0) is 20.8 Å². The van der Waals surface area contributed by atoms with Crippen LogP contribution >= 0.6 is 11.3 Å². The van der Waals surface area contributed by atoms with Gasteiger partial charge in [0, 0.05) is 31.5 Å². The molecule has 0 fully saturated rings. The van der Waals surface area contributed by atoms with Crippen molar-refractivity contribution < 1.29 is 14.6 Å². The smallest absolute Gasteiger partial charge is 0.0897 e. The molecular formula is C14H26N2O3S. The molecule has 1 unspecified atom stereocenters. The maximum atomic E-state index is 9.79. The van der Waals surface area contributed by atoms with Gasteiger partial charge >= 0.3 is 0 Å². The summed E-state index contributed by atoms with van der Waals surface area (Å²) in [6, 6.07) is 0. The van der Waals surface area contributed by atoms with Crippen LogP contribution in [0, 0.1) is 6.92 Å². The van der Waals surface area contributed by atoms with Crippen molar-refractivity contribution in [2.24, 2.45) is 0 Å². The van der Waals surface area contributed by atoms with E-state index < -0.39 is 6.10 Å². The first-order valence-corrected chi connectivity index (χ1v) is 7.73. The zero-order valence-electron chi connectivity index (χ0n) is 12.8. The summed E-state index contributed by atoms with van der Waals surface area (Å²) in [6.07, 6.45) is 0.359. The van der Waals surface area contributed by atoms with Crippen LogP contribution in [0.15, 0.2) is 5.51 Å². The van der Waals surface area contributed by atoms with Crippen molar-refractivity contribution in [3.05, 3.63) is 16.1 Å². The first-order valence-electron chi connectivity index (χ1n) is 6.85. The normalized spacial score (nSPS) is 13.7. The molecule has 0 aromatic carbocycles. The number of nitrogens with zero attached hydrogens (tertiary/aromatic N) is 1. The van der Waals surface area contributed by atoms with Crippen LogP contribution in [0.1, 0.15) is 24.4 Å². The fraction of sp³-hybridized carbons (Fsp3) is 0.786. The van der Waals surface area contributed by atoms with Gasteiger partial charge in [-0.2, -0.15) is 0 Å². The molecular weight excluding hydrogens is 276 g/mol. The van der Waals surface area contributed by atoms with E-state index in [-0.39, 0.29) is 5.60 Å². The fourth-order valence-electron chi connectivity index (χ4n) is 1.62. The van der Waals surface area contributed by atoms with Gasteiger partial charge in [-0.3, -0.25) is 0 Å². The van der Waals surface area contributed by atoms with Gasteiger partial charge < -0.3 is 19.9 Å². The van der Waals surface area contributed by atoms with Gasteiger partial charge in [-0.15, -0.1) is 11.3 Å². The molecule has 20 heavy (non-hydrogen) atoms. The molecule has 1 atom stereocenters. The van der Waals surface area contributed by atoms with E-state index >= 15 is 0 Å². The minimum Gasteiger partial charge on any atom is -0.389 e. The van der Waals surface area contributed by atoms with Gasteiger partial charge in [0.15, 0.2) is 0 Å². The third kappa shape index (κ3) is 6.76. The molecule has 0 saturated heterocycles. The zero-order valence-corrected chi connectivity index (χ0v) is 13.6. The van der Waals surface area contributed by atoms with Gasteiger partial charge in [0.25, 0.3) is 0 Å². The number of aryl methyl sites for hydroxylation is 1. The van der Waals surface area contributed by atoms with Crippen LogP contribution in [0.25, 0.3) is 0 Å². The van der Waals surface area contributed by atoms with Crippen molar-refractivity contribution in [1.82, 2.24) is 10.3 Å². The molecule has 1 heterocycles. The van der Waals surface area contributed by atoms with Crippen molar-refractivity contribution >= 4 is 11.3 Å². The SMILES string of the molecule is COC(C)(C)CNCC(O)COCCc1scnc1C. The van der Waals surface area contributed by atoms with Crippen LogP contribution < -0.4 is 5.32 Å². The molecule has 1 aromatic heterocycles. The van der Waals surface area contributed by atoms with Crippen molar-refractivity contribution in [3.8, 4) is 0 Å². The molecule has 6 heteroatoms. The zero-order chi connectivity index (χ0) is 15.0. The predicted octanol–water partition coefficient (Wildman–Crippen LogP) is 1.39. The van der Waals surface area contributed by atoms with Crippen LogP contribution in [-0.2, 0) is 15.9 Å². The molecule has 0 bridgehead atoms. The maximum absolute atomic E-state index is 9.79. The van der Waals surface area contributed by atoms with Crippen LogP contribution in [0.2, 0.25) is 0 Å². The van der Waals surface area contributed by atoms with Crippen LogP contribution in [0.3, 0.4) is 0 Å². The molecule has 0 aliphatic carbocycles. The Balaban J connectivity index is 2.06. The number of aliphatic hydroxyl groups excluding tert-OH is 1. The van der Waals surface area contributed by atoms with E-state index in [0.717, 1.165) is 12.1 Å². The number of hydrogen-bond donors (Lipinski definition) is 2. The number of hydrogen-bond acceptors (Lipinski definition) is 6. The fourth-order valence-corrected chi connectivity index (χ4v) is 2.38. The second-order valence-corrected chi connectivity index (χ2v) is 6.37. The lowest BCUT2D eigenvalue weighted by Crippen LogP contribution is -2.41. The van der Waals surface area contributed by atoms with Gasteiger partial charge in [-0.25, -0.2) is 4.98 Å². The lowest BCUT2D eigenvalue weighted by molar-refractivity contribution is 0.0123. The van der Waals surface area contributed by atoms with Gasteiger partial charge in [-0.1, -0.05) is 0 Å². The van der Waals surface area contributed by atoms with Crippen molar-refractivity contribution in [2.75, 3.05) is 33.4 Å². The van der Waals surface area contributed by atoms with E-state index in [9.17, 15) is 5.11 Å². The summed E-state index contributed by atoms with van der Waals surface area (Å²) in [4.78, 5) is 5.44. The Kier molecular flexibility index (Phi) is 7.61. The van der Waals surface area contributed by atoms with Crippen LogP contribution in [0.5, 0.6) is 0 Å². The summed E-state index contributed by atoms with van der Waals surface area (Å²) < 4.78 is 10.8. The number of nitrogens with one attached hydrogen (secondary N) is 1. The Hall–Kier alpha value is -0.530. The second kappa shape index (κ2) is 8.69. The highest BCUT2D eigenvalue weighted by atomic mass is 32.1. The molecule has 1 aromatic rings. The molecule has 0 spiro atoms. The standard InChI is InChI=1S/C14H26N2O3S/c1-11-13(20-10-16-11)5-6-19-8-12(17)7-15-9-14(2,3)18-4/h10,12,15,17H,5-9H2,1-4H3. The Morgan fingerprint density at radius 1 is 1.50 bits per heavy atom. The highest BCUT2D eigenvalue weighted by Crippen LogP contribution is 2.12. The molecule has 5 nitrogen and oxygen atoms in total. The lowest BCUT2D eigenvalue weighted by Gasteiger charge is -2.24. The minimum atomic E-state index is -0.495. The highest BCUT2D eigenvalue weighted by Gasteiger charge is 2.16. The molecule has 116 valence electrons. The quantitative estimate of drug-likeness (QED) is 0.640. The van der Waals surface area contributed by atoms with E-state index in [1.54, 1.807) is 18.4 Å². The van der Waals surface area contributed by atoms with Gasteiger partial charge in [0.2, 0.25) is 0 Å². The monoisotopic (exact) mass is 302 g/mol. The first-order chi connectivity index (χ1) is 9.44. The van der Waals surface area contributed by atoms with E-state index in [1.165, 1.54) is 4.88 Å². The highest BCUT2D eigenvalue weighted by molar-refractivity contribution is 7.09. The largest absolute Gasteiger partial charge is 0.389 e. The minimum absolute atomic E-state index is 0.218. The summed E-state index contributed by atoms with van der Waals surface area (Å²) in [5.74, 6) is 0. The summed E-state index contributed by atoms with van der Waals surface area (Å²) in [5, 5.41) is 13.0. The molecule has 2 N–H and O–H groups in total. The van der Waals surface area contributed by atoms with E-state index in [4.69, 9.17) is 9.47 Å². The van der Waals surface area contributed by atoms with Gasteiger partial charge in [0.1, 0.15) is 0 Å². The molecule has 0 radical (unpaired) electrons. The Morgan fingerprint density at radius 2 is 2.25 bits per heavy atom. The van der Waals surface area contributed by atoms with Crippen molar-refractivity contribution in [1.29, 1.82) is 0 Å². The van der Waals surface area contributed by atoms with Crippen LogP contribution in [-0.4, -0.2) is 55.2 Å². The average molecular weight is 302 g/mol. The number of thiazole rings is 1. The van der Waals surface area contributed by atoms with Crippen molar-refractivity contribution in [2.45, 2.75) is 38.9 Å². The summed E-state index contributed by atoms with van der Waals surface area (Å²) >= 11 is 1.65. The molecule has 0 saturated carbocycles. The molecule has 0 aliphatic heterocycles. The Labute approximate surface area is 125 Å². The lowest BCUT2D eigenvalue weighted by atomic mass is 10.1. The third-order valence-electron chi connectivity index (χ3n) is 3.11. The van der Waals surface area contributed by atoms with E-state index in [1.807, 2.05) is 26.3 Å². The number of ether oxygens (including phenoxy) is 2. The third-order valence-corrected chi connectivity index (χ3v) is 4.11. The number of aromatic nitrogens is 1. The van der Waals surface area contributed by atoms with Crippen molar-refractivity contribution in [3.63, 3.8) is 0 Å². The molecule has 0 amide bonds. The van der Waals surface area contributed by atoms with Crippen LogP contribution in [0.4, 0.5) is 0 Å². The number of rotatable bonds is 10. The van der Waals surface area contributed by atoms with E-state index in [0.29, 0.717) is 26.3 Å². The van der Waals surface area contributed by atoms with Gasteiger partial charge in [0.05, 0.1) is 36.1 Å². The molecule has 1 rings (SSSR count). The second-order valence-electron chi connectivity index (χ2n) is 5.43. The first kappa shape index (κ1) is 17.5. The average Bonchev–Trinajstić information content (AvgIpc) is 2.80. The number of methoxy groups -OCH3 is 1. The number of aliphatic hydroxyl groups is 1. The Morgan fingerprint density at radius 3 is 2.85 bits per heavy atom. The Bertz CT molecular complexity index is 382. The molecule has 0 aliphatic rings. The summed E-state index contributed by atoms with van der Waals surface area (Å²) in [5.41, 5.74) is 2.70. The summed E-state index contributed by atoms with van der Waals surface area (Å²) in [7, 11) is 1.68. The maximum Gasteiger partial charge on any atom is 0.0897 e. The van der Waals surface area contributed by atoms with E-state index in [2.05, 4.69) is 10.3 Å².